The Balaban J connectivity index is 1.83. The Bertz CT molecular complexity index is 873. The van der Waals surface area contributed by atoms with Crippen LogP contribution in [0, 0.1) is 0 Å². The Morgan fingerprint density at radius 3 is 2.88 bits per heavy atom. The molecule has 5 heteroatoms. The van der Waals surface area contributed by atoms with Crippen LogP contribution in [0.3, 0.4) is 0 Å². The number of benzene rings is 2. The first-order chi connectivity index (χ1) is 11.6. The van der Waals surface area contributed by atoms with Gasteiger partial charge in [0.15, 0.2) is 5.13 Å². The minimum Gasteiger partial charge on any atom is -0.497 e. The van der Waals surface area contributed by atoms with Crippen LogP contribution in [0.15, 0.2) is 42.5 Å². The zero-order valence-corrected chi connectivity index (χ0v) is 14.8. The number of nitrogens with one attached hydrogen (secondary N) is 1. The lowest BCUT2D eigenvalue weighted by molar-refractivity contribution is 0.102. The molecule has 0 saturated heterocycles. The second-order valence-corrected chi connectivity index (χ2v) is 6.77. The normalized spacial score (nSPS) is 12.1. The molecule has 0 spiro atoms. The molecule has 1 amide bonds. The molecule has 0 aliphatic rings. The number of hydrogen-bond donors (Lipinski definition) is 1. The quantitative estimate of drug-likeness (QED) is 0.705. The molecule has 0 aliphatic heterocycles. The number of carbonyl (C=O) groups excluding carboxylic acids is 1. The van der Waals surface area contributed by atoms with Crippen molar-refractivity contribution in [3.05, 3.63) is 53.6 Å². The average Bonchev–Trinajstić information content (AvgIpc) is 3.02. The summed E-state index contributed by atoms with van der Waals surface area (Å²) < 4.78 is 6.25. The summed E-state index contributed by atoms with van der Waals surface area (Å²) in [6, 6.07) is 13.4. The lowest BCUT2D eigenvalue weighted by Crippen LogP contribution is -2.11. The molecule has 0 bridgehead atoms. The Morgan fingerprint density at radius 2 is 2.12 bits per heavy atom. The van der Waals surface area contributed by atoms with Crippen LogP contribution in [0.2, 0.25) is 0 Å². The van der Waals surface area contributed by atoms with Crippen molar-refractivity contribution in [2.24, 2.45) is 0 Å². The van der Waals surface area contributed by atoms with Crippen molar-refractivity contribution in [3.8, 4) is 5.75 Å². The fraction of sp³-hybridized carbons (Fsp3) is 0.263. The summed E-state index contributed by atoms with van der Waals surface area (Å²) in [5, 5.41) is 3.48. The van der Waals surface area contributed by atoms with Crippen molar-refractivity contribution in [2.45, 2.75) is 26.2 Å². The highest BCUT2D eigenvalue weighted by atomic mass is 32.1. The molecule has 24 heavy (non-hydrogen) atoms. The molecule has 1 atom stereocenters. The standard InChI is InChI=1S/C19H20N2O2S/c1-4-12(2)13-8-9-16-17(11-13)24-19(20-16)21-18(22)14-6-5-7-15(10-14)23-3/h5-12H,4H2,1-3H3,(H,20,21,22). The highest BCUT2D eigenvalue weighted by molar-refractivity contribution is 7.22. The summed E-state index contributed by atoms with van der Waals surface area (Å²) >= 11 is 1.50. The monoisotopic (exact) mass is 340 g/mol. The number of fused-ring (bicyclic) bond motifs is 1. The van der Waals surface area contributed by atoms with Crippen LogP contribution in [0.1, 0.15) is 42.1 Å². The summed E-state index contributed by atoms with van der Waals surface area (Å²) in [6.45, 7) is 4.40. The van der Waals surface area contributed by atoms with E-state index in [1.165, 1.54) is 16.9 Å². The van der Waals surface area contributed by atoms with E-state index in [4.69, 9.17) is 4.74 Å². The van der Waals surface area contributed by atoms with Crippen LogP contribution >= 0.6 is 11.3 Å². The number of amides is 1. The van der Waals surface area contributed by atoms with E-state index in [1.807, 2.05) is 12.1 Å². The topological polar surface area (TPSA) is 51.2 Å². The number of aromatic nitrogens is 1. The molecule has 0 radical (unpaired) electrons. The second-order valence-electron chi connectivity index (χ2n) is 5.74. The summed E-state index contributed by atoms with van der Waals surface area (Å²) in [6.07, 6.45) is 1.10. The summed E-state index contributed by atoms with van der Waals surface area (Å²) in [5.41, 5.74) is 2.77. The van der Waals surface area contributed by atoms with Crippen molar-refractivity contribution in [1.82, 2.24) is 4.98 Å². The van der Waals surface area contributed by atoms with Gasteiger partial charge in [0.05, 0.1) is 17.3 Å². The van der Waals surface area contributed by atoms with E-state index in [0.717, 1.165) is 16.6 Å². The third-order valence-electron chi connectivity index (χ3n) is 4.15. The highest BCUT2D eigenvalue weighted by Crippen LogP contribution is 2.30. The first-order valence-electron chi connectivity index (χ1n) is 7.96. The number of ether oxygens (including phenoxy) is 1. The zero-order valence-electron chi connectivity index (χ0n) is 14.0. The molecular weight excluding hydrogens is 320 g/mol. The van der Waals surface area contributed by atoms with E-state index >= 15 is 0 Å². The zero-order chi connectivity index (χ0) is 17.1. The molecule has 124 valence electrons. The second kappa shape index (κ2) is 7.01. The van der Waals surface area contributed by atoms with E-state index in [9.17, 15) is 4.79 Å². The van der Waals surface area contributed by atoms with Crippen molar-refractivity contribution in [1.29, 1.82) is 0 Å². The largest absolute Gasteiger partial charge is 0.497 e. The molecule has 0 aliphatic carbocycles. The van der Waals surface area contributed by atoms with Crippen LogP contribution in [-0.4, -0.2) is 18.0 Å². The molecule has 3 rings (SSSR count). The van der Waals surface area contributed by atoms with Crippen LogP contribution in [0.4, 0.5) is 5.13 Å². The van der Waals surface area contributed by atoms with Gasteiger partial charge in [-0.25, -0.2) is 4.98 Å². The van der Waals surface area contributed by atoms with E-state index in [0.29, 0.717) is 22.4 Å². The lowest BCUT2D eigenvalue weighted by atomic mass is 9.99. The molecule has 3 aromatic rings. The third-order valence-corrected chi connectivity index (χ3v) is 5.08. The maximum Gasteiger partial charge on any atom is 0.257 e. The fourth-order valence-corrected chi connectivity index (χ4v) is 3.38. The van der Waals surface area contributed by atoms with Crippen molar-refractivity contribution < 1.29 is 9.53 Å². The van der Waals surface area contributed by atoms with Gasteiger partial charge in [0, 0.05) is 5.56 Å². The van der Waals surface area contributed by atoms with E-state index in [-0.39, 0.29) is 5.91 Å². The molecule has 1 N–H and O–H groups in total. The Labute approximate surface area is 145 Å². The van der Waals surface area contributed by atoms with Crippen LogP contribution in [-0.2, 0) is 0 Å². The molecule has 0 fully saturated rings. The number of carbonyl (C=O) groups is 1. The van der Waals surface area contributed by atoms with Crippen molar-refractivity contribution in [2.75, 3.05) is 12.4 Å². The molecule has 0 saturated carbocycles. The summed E-state index contributed by atoms with van der Waals surface area (Å²) in [4.78, 5) is 16.9. The summed E-state index contributed by atoms with van der Waals surface area (Å²) in [7, 11) is 1.58. The molecule has 4 nitrogen and oxygen atoms in total. The van der Waals surface area contributed by atoms with Gasteiger partial charge in [-0.2, -0.15) is 0 Å². The van der Waals surface area contributed by atoms with Gasteiger partial charge in [-0.15, -0.1) is 0 Å². The van der Waals surface area contributed by atoms with Gasteiger partial charge in [0.1, 0.15) is 5.75 Å². The van der Waals surface area contributed by atoms with Crippen LogP contribution < -0.4 is 10.1 Å². The predicted octanol–water partition coefficient (Wildman–Crippen LogP) is 5.07. The van der Waals surface area contributed by atoms with Gasteiger partial charge < -0.3 is 4.74 Å². The van der Waals surface area contributed by atoms with Gasteiger partial charge in [-0.1, -0.05) is 37.3 Å². The molecule has 2 aromatic carbocycles. The van der Waals surface area contributed by atoms with E-state index in [1.54, 1.807) is 25.3 Å². The fourth-order valence-electron chi connectivity index (χ4n) is 2.47. The minimum absolute atomic E-state index is 0.185. The Hall–Kier alpha value is -2.40. The van der Waals surface area contributed by atoms with Gasteiger partial charge in [-0.05, 0) is 48.2 Å². The first kappa shape index (κ1) is 16.5. The SMILES string of the molecule is CCC(C)c1ccc2nc(NC(=O)c3cccc(OC)c3)sc2c1. The highest BCUT2D eigenvalue weighted by Gasteiger charge is 2.12. The molecule has 1 aromatic heterocycles. The Morgan fingerprint density at radius 1 is 1.29 bits per heavy atom. The van der Waals surface area contributed by atoms with Gasteiger partial charge >= 0.3 is 0 Å². The van der Waals surface area contributed by atoms with Crippen molar-refractivity contribution in [3.63, 3.8) is 0 Å². The molecular formula is C19H20N2O2S. The van der Waals surface area contributed by atoms with Crippen LogP contribution in [0.25, 0.3) is 10.2 Å². The van der Waals surface area contributed by atoms with E-state index in [2.05, 4.69) is 36.3 Å². The number of rotatable bonds is 5. The average molecular weight is 340 g/mol. The van der Waals surface area contributed by atoms with Crippen LogP contribution in [0.5, 0.6) is 5.75 Å². The van der Waals surface area contributed by atoms with Gasteiger partial charge in [-0.3, -0.25) is 10.1 Å². The lowest BCUT2D eigenvalue weighted by Gasteiger charge is -2.07. The first-order valence-corrected chi connectivity index (χ1v) is 8.78. The number of methoxy groups -OCH3 is 1. The maximum atomic E-state index is 12.4. The number of nitrogens with zero attached hydrogens (tertiary/aromatic N) is 1. The van der Waals surface area contributed by atoms with Gasteiger partial charge in [0.25, 0.3) is 5.91 Å². The van der Waals surface area contributed by atoms with Crippen molar-refractivity contribution >= 4 is 32.6 Å². The van der Waals surface area contributed by atoms with E-state index < -0.39 is 0 Å². The number of anilines is 1. The minimum atomic E-state index is -0.185. The Kier molecular flexibility index (Phi) is 4.81. The predicted molar refractivity (Wildman–Crippen MR) is 99.3 cm³/mol. The number of hydrogen-bond acceptors (Lipinski definition) is 4. The maximum absolute atomic E-state index is 12.4. The van der Waals surface area contributed by atoms with Gasteiger partial charge in [0.2, 0.25) is 0 Å². The third kappa shape index (κ3) is 3.41. The molecule has 1 unspecified atom stereocenters. The number of thiazole rings is 1. The smallest absolute Gasteiger partial charge is 0.257 e. The molecule has 1 heterocycles. The summed E-state index contributed by atoms with van der Waals surface area (Å²) in [5.74, 6) is 0.992.